The molecule has 0 radical (unpaired) electrons. The fourth-order valence-electron chi connectivity index (χ4n) is 9.45. The third-order valence-electron chi connectivity index (χ3n) is 14.0. The largest absolute Gasteiger partial charge is 0.481 e. The summed E-state index contributed by atoms with van der Waals surface area (Å²) in [6, 6.07) is -4.33. The monoisotopic (exact) mass is 1200 g/mol. The van der Waals surface area contributed by atoms with Crippen molar-refractivity contribution in [2.24, 2.45) is 44.6 Å². The highest BCUT2D eigenvalue weighted by Crippen LogP contribution is 2.23. The number of rotatable bonds is 35. The van der Waals surface area contributed by atoms with E-state index in [1.807, 2.05) is 0 Å². The van der Waals surface area contributed by atoms with E-state index in [1.54, 1.807) is 50.4 Å². The highest BCUT2D eigenvalue weighted by Gasteiger charge is 2.43. The number of carbonyl (C=O) groups is 11. The standard InChI is InChI=1S/C53H86N16O14S/c1-28(2)40(50(81)68-24-11-17-37(68)47(78)61-29(3)49(80)69-25-12-18-38(69)51(82)83)66-48(79)41(30(4)70)67-46(77)35(19-20-39(71)72)64-45(76)36(21-26-84-5)65-44(75)34(16-10-23-60-53(57)58)63-43(74)33(15-9-22-59-52(55)56)62-42(73)32(54)27-31-13-7-6-8-14-31/h6-8,13-14,28-30,32-38,40-41,70H,9-12,15-27,54H2,1-5H3,(H,61,78)(H,62,73)(H,63,74)(H,64,76)(H,65,75)(H,66,79)(H,67,77)(H,71,72)(H,82,83)(H4,55,56,59)(H4,57,58,60)/t29-,30+,32-,33-,34-,35-,36-,37-,38-,40-,41-/m0/s1. The molecule has 1 aromatic rings. The Morgan fingerprint density at radius 1 is 0.607 bits per heavy atom. The molecule has 0 bridgehead atoms. The van der Waals surface area contributed by atoms with Crippen molar-refractivity contribution >= 4 is 88.8 Å². The van der Waals surface area contributed by atoms with Crippen LogP contribution in [-0.2, 0) is 59.2 Å². The minimum absolute atomic E-state index is 0.00888. The van der Waals surface area contributed by atoms with Crippen molar-refractivity contribution in [3.05, 3.63) is 35.9 Å². The number of aliphatic hydroxyl groups excluding tert-OH is 1. The third-order valence-corrected chi connectivity index (χ3v) is 14.6. The van der Waals surface area contributed by atoms with Crippen LogP contribution in [0.5, 0.6) is 0 Å². The second-order valence-electron chi connectivity index (χ2n) is 21.1. The average Bonchev–Trinajstić information content (AvgIpc) is 4.36. The predicted octanol–water partition coefficient (Wildman–Crippen LogP) is -4.20. The molecule has 1 aromatic carbocycles. The highest BCUT2D eigenvalue weighted by molar-refractivity contribution is 7.98. The van der Waals surface area contributed by atoms with Gasteiger partial charge < -0.3 is 91.0 Å². The summed E-state index contributed by atoms with van der Waals surface area (Å²) >= 11 is 1.30. The lowest BCUT2D eigenvalue weighted by atomic mass is 10.0. The van der Waals surface area contributed by atoms with Crippen molar-refractivity contribution in [2.75, 3.05) is 38.2 Å². The Kier molecular flexibility index (Phi) is 29.7. The van der Waals surface area contributed by atoms with Crippen LogP contribution >= 0.6 is 11.8 Å². The summed E-state index contributed by atoms with van der Waals surface area (Å²) in [5, 5.41) is 48.1. The Morgan fingerprint density at radius 3 is 1.55 bits per heavy atom. The summed E-state index contributed by atoms with van der Waals surface area (Å²) in [6.07, 6.45) is 0.447. The number of carboxylic acid groups (broad SMARTS) is 2. The molecule has 468 valence electrons. The van der Waals surface area contributed by atoms with E-state index in [0.29, 0.717) is 12.8 Å². The average molecular weight is 1200 g/mol. The van der Waals surface area contributed by atoms with Crippen LogP contribution in [0.15, 0.2) is 40.3 Å². The Labute approximate surface area is 492 Å². The van der Waals surface area contributed by atoms with E-state index in [0.717, 1.165) is 12.5 Å². The number of aliphatic imine (C=N–C) groups is 2. The van der Waals surface area contributed by atoms with Gasteiger partial charge in [-0.1, -0.05) is 44.2 Å². The summed E-state index contributed by atoms with van der Waals surface area (Å²) in [4.78, 5) is 159. The van der Waals surface area contributed by atoms with Gasteiger partial charge in [-0.3, -0.25) is 57.9 Å². The van der Waals surface area contributed by atoms with E-state index >= 15 is 0 Å². The first kappa shape index (κ1) is 70.5. The van der Waals surface area contributed by atoms with E-state index in [2.05, 4.69) is 47.2 Å². The maximum absolute atomic E-state index is 14.3. The SMILES string of the molecule is CSCC[C@H](NC(=O)[C@H](CCCN=C(N)N)NC(=O)[C@H](CCCN=C(N)N)NC(=O)[C@@H](N)Cc1ccccc1)C(=O)N[C@@H](CCC(=O)O)C(=O)N[C@H](C(=O)N[C@H](C(=O)N1CCC[C@H]1C(=O)N[C@@H](C)C(=O)N1CCC[C@H]1C(=O)O)C(C)C)[C@@H](C)O. The molecule has 2 saturated heterocycles. The number of nitrogens with two attached hydrogens (primary N) is 5. The molecule has 0 aromatic heterocycles. The van der Waals surface area contributed by atoms with Crippen molar-refractivity contribution in [2.45, 2.75) is 171 Å². The Bertz CT molecular complexity index is 2500. The van der Waals surface area contributed by atoms with Crippen molar-refractivity contribution < 1.29 is 68.1 Å². The van der Waals surface area contributed by atoms with Crippen molar-refractivity contribution in [3.63, 3.8) is 0 Å². The van der Waals surface area contributed by atoms with Gasteiger partial charge in [-0.05, 0) is 108 Å². The molecule has 0 unspecified atom stereocenters. The summed E-state index contributed by atoms with van der Waals surface area (Å²) in [7, 11) is 0. The molecule has 11 atom stereocenters. The topological polar surface area (TPSA) is 494 Å². The summed E-state index contributed by atoms with van der Waals surface area (Å²) in [5.41, 5.74) is 29.0. The highest BCUT2D eigenvalue weighted by atomic mass is 32.2. The molecule has 2 fully saturated rings. The zero-order chi connectivity index (χ0) is 62.8. The predicted molar refractivity (Wildman–Crippen MR) is 311 cm³/mol. The number of thioether (sulfide) groups is 1. The molecule has 3 rings (SSSR count). The Morgan fingerprint density at radius 2 is 1.07 bits per heavy atom. The fourth-order valence-corrected chi connectivity index (χ4v) is 9.92. The van der Waals surface area contributed by atoms with E-state index < -0.39 is 150 Å². The molecule has 30 nitrogen and oxygen atoms in total. The van der Waals surface area contributed by atoms with E-state index in [9.17, 15) is 68.1 Å². The van der Waals surface area contributed by atoms with Gasteiger partial charge in [0, 0.05) is 32.6 Å². The number of nitrogens with zero attached hydrogens (tertiary/aromatic N) is 4. The van der Waals surface area contributed by atoms with Gasteiger partial charge in [0.15, 0.2) is 11.9 Å². The molecule has 2 aliphatic rings. The lowest BCUT2D eigenvalue weighted by Crippen LogP contribution is -2.62. The maximum Gasteiger partial charge on any atom is 0.326 e. The number of carbonyl (C=O) groups excluding carboxylic acids is 9. The van der Waals surface area contributed by atoms with Crippen LogP contribution in [0.4, 0.5) is 0 Å². The van der Waals surface area contributed by atoms with Crippen LogP contribution in [0.3, 0.4) is 0 Å². The first-order valence-corrected chi connectivity index (χ1v) is 29.3. The van der Waals surface area contributed by atoms with Gasteiger partial charge in [-0.25, -0.2) is 4.79 Å². The first-order valence-electron chi connectivity index (χ1n) is 27.9. The van der Waals surface area contributed by atoms with Crippen molar-refractivity contribution in [1.82, 2.24) is 47.0 Å². The molecule has 9 amide bonds. The zero-order valence-electron chi connectivity index (χ0n) is 48.3. The van der Waals surface area contributed by atoms with Crippen molar-refractivity contribution in [1.29, 1.82) is 0 Å². The molecular weight excluding hydrogens is 1120 g/mol. The minimum Gasteiger partial charge on any atom is -0.481 e. The first-order chi connectivity index (χ1) is 39.7. The van der Waals surface area contributed by atoms with E-state index in [4.69, 9.17) is 28.7 Å². The van der Waals surface area contributed by atoms with Crippen LogP contribution in [0.25, 0.3) is 0 Å². The molecule has 0 aliphatic carbocycles. The lowest BCUT2D eigenvalue weighted by Gasteiger charge is -2.33. The normalized spacial score (nSPS) is 18.0. The molecule has 84 heavy (non-hydrogen) atoms. The number of guanidine groups is 2. The van der Waals surface area contributed by atoms with Crippen LogP contribution in [-0.4, -0.2) is 207 Å². The van der Waals surface area contributed by atoms with Crippen LogP contribution < -0.4 is 65.9 Å². The van der Waals surface area contributed by atoms with Gasteiger partial charge in [-0.2, -0.15) is 11.8 Å². The van der Waals surface area contributed by atoms with Gasteiger partial charge in [0.1, 0.15) is 54.4 Å². The number of hydrogen-bond donors (Lipinski definition) is 15. The third kappa shape index (κ3) is 23.1. The summed E-state index contributed by atoms with van der Waals surface area (Å²) in [6.45, 7) is 6.18. The zero-order valence-corrected chi connectivity index (χ0v) is 49.1. The van der Waals surface area contributed by atoms with Crippen LogP contribution in [0, 0.1) is 5.92 Å². The smallest absolute Gasteiger partial charge is 0.326 e. The number of likely N-dealkylation sites (tertiary alicyclic amines) is 2. The molecule has 2 aliphatic heterocycles. The number of hydrogen-bond acceptors (Lipinski definition) is 16. The van der Waals surface area contributed by atoms with Crippen LogP contribution in [0.1, 0.15) is 104 Å². The number of benzene rings is 1. The van der Waals surface area contributed by atoms with Gasteiger partial charge in [0.05, 0.1) is 12.1 Å². The van der Waals surface area contributed by atoms with E-state index in [-0.39, 0.29) is 95.2 Å². The molecule has 2 heterocycles. The number of aliphatic carboxylic acids is 2. The maximum atomic E-state index is 14.3. The number of carboxylic acids is 2. The Balaban J connectivity index is 1.84. The quantitative estimate of drug-likeness (QED) is 0.0174. The minimum atomic E-state index is -1.81. The molecular formula is C53H86N16O14S. The second-order valence-corrected chi connectivity index (χ2v) is 22.0. The van der Waals surface area contributed by atoms with Gasteiger partial charge >= 0.3 is 11.9 Å². The summed E-state index contributed by atoms with van der Waals surface area (Å²) < 4.78 is 0. The molecule has 0 spiro atoms. The molecule has 20 N–H and O–H groups in total. The molecule has 31 heteroatoms. The number of amides is 9. The second kappa shape index (κ2) is 35.4. The lowest BCUT2D eigenvalue weighted by molar-refractivity contribution is -0.149. The van der Waals surface area contributed by atoms with Gasteiger partial charge in [0.2, 0.25) is 53.2 Å². The van der Waals surface area contributed by atoms with Crippen LogP contribution in [0.2, 0.25) is 0 Å². The Hall–Kier alpha value is -7.80. The van der Waals surface area contributed by atoms with E-state index in [1.165, 1.54) is 28.5 Å². The van der Waals surface area contributed by atoms with Gasteiger partial charge in [-0.15, -0.1) is 0 Å². The fraction of sp³-hybridized carbons (Fsp3) is 0.642. The summed E-state index contributed by atoms with van der Waals surface area (Å²) in [5.74, 6) is -10.8. The van der Waals surface area contributed by atoms with Crippen molar-refractivity contribution in [3.8, 4) is 0 Å². The number of nitrogens with one attached hydrogen (secondary N) is 7. The number of aliphatic hydroxyl groups is 1. The molecule has 0 saturated carbocycles. The van der Waals surface area contributed by atoms with Gasteiger partial charge in [0.25, 0.3) is 0 Å².